The van der Waals surface area contributed by atoms with E-state index in [9.17, 15) is 22.8 Å². The molecule has 4 rings (SSSR count). The summed E-state index contributed by atoms with van der Waals surface area (Å²) in [6.07, 6.45) is -2.03. The minimum absolute atomic E-state index is 0.0178. The molecule has 2 amide bonds. The molecule has 0 aliphatic carbocycles. The number of nitrogens with zero attached hydrogens (tertiary/aromatic N) is 7. The molecule has 35 heavy (non-hydrogen) atoms. The molecule has 11 nitrogen and oxygen atoms in total. The SMILES string of the molecule is CCn1ncc(NC(=O)c2nn3c(C(F)(F)F)cc(C)nc3c2Cl)c1C(=O)Nc1cnn(C)c1C. The molecule has 0 aliphatic rings. The molecule has 0 saturated heterocycles. The van der Waals surface area contributed by atoms with Crippen molar-refractivity contribution in [1.82, 2.24) is 34.2 Å². The molecule has 15 heteroatoms. The normalized spacial score (nSPS) is 11.8. The summed E-state index contributed by atoms with van der Waals surface area (Å²) in [4.78, 5) is 30.0. The molecule has 0 radical (unpaired) electrons. The fourth-order valence-corrected chi connectivity index (χ4v) is 3.65. The van der Waals surface area contributed by atoms with Gasteiger partial charge in [0.25, 0.3) is 11.8 Å². The molecule has 4 aromatic heterocycles. The highest BCUT2D eigenvalue weighted by Gasteiger charge is 2.36. The van der Waals surface area contributed by atoms with Crippen LogP contribution in [0.3, 0.4) is 0 Å². The molecule has 0 aliphatic heterocycles. The van der Waals surface area contributed by atoms with Crippen molar-refractivity contribution in [3.8, 4) is 0 Å². The zero-order chi connectivity index (χ0) is 25.7. The highest BCUT2D eigenvalue weighted by atomic mass is 35.5. The third kappa shape index (κ3) is 4.32. The van der Waals surface area contributed by atoms with Gasteiger partial charge in [0.2, 0.25) is 0 Å². The lowest BCUT2D eigenvalue weighted by molar-refractivity contribution is -0.142. The molecule has 0 spiro atoms. The van der Waals surface area contributed by atoms with Crippen molar-refractivity contribution in [3.05, 3.63) is 52.0 Å². The van der Waals surface area contributed by atoms with Crippen LogP contribution < -0.4 is 10.6 Å². The Morgan fingerprint density at radius 2 is 1.74 bits per heavy atom. The van der Waals surface area contributed by atoms with Crippen molar-refractivity contribution >= 4 is 40.4 Å². The zero-order valence-electron chi connectivity index (χ0n) is 18.9. The van der Waals surface area contributed by atoms with E-state index in [1.54, 1.807) is 25.6 Å². The first-order valence-corrected chi connectivity index (χ1v) is 10.6. The molecular formula is C20H19ClF3N9O2. The Morgan fingerprint density at radius 3 is 2.34 bits per heavy atom. The van der Waals surface area contributed by atoms with Gasteiger partial charge in [-0.15, -0.1) is 0 Å². The third-order valence-electron chi connectivity index (χ3n) is 5.25. The van der Waals surface area contributed by atoms with Gasteiger partial charge in [-0.3, -0.25) is 19.0 Å². The summed E-state index contributed by atoms with van der Waals surface area (Å²) in [5.41, 5.74) is -0.695. The number of hydrogen-bond donors (Lipinski definition) is 2. The maximum Gasteiger partial charge on any atom is 0.433 e. The van der Waals surface area contributed by atoms with E-state index in [4.69, 9.17) is 11.6 Å². The summed E-state index contributed by atoms with van der Waals surface area (Å²) < 4.78 is 43.9. The number of anilines is 2. The average Bonchev–Trinajstić information content (AvgIpc) is 3.44. The molecule has 0 fully saturated rings. The number of rotatable bonds is 5. The van der Waals surface area contributed by atoms with Gasteiger partial charge in [-0.25, -0.2) is 9.50 Å². The number of aryl methyl sites for hydroxylation is 3. The van der Waals surface area contributed by atoms with E-state index in [1.165, 1.54) is 24.0 Å². The van der Waals surface area contributed by atoms with Crippen molar-refractivity contribution in [2.24, 2.45) is 7.05 Å². The van der Waals surface area contributed by atoms with Gasteiger partial charge in [0.15, 0.2) is 11.3 Å². The minimum atomic E-state index is -4.76. The first kappa shape index (κ1) is 24.2. The number of hydrogen-bond acceptors (Lipinski definition) is 6. The van der Waals surface area contributed by atoms with E-state index < -0.39 is 29.4 Å². The molecule has 4 aromatic rings. The van der Waals surface area contributed by atoms with Crippen molar-refractivity contribution in [2.45, 2.75) is 33.5 Å². The summed E-state index contributed by atoms with van der Waals surface area (Å²) in [7, 11) is 1.71. The predicted octanol–water partition coefficient (Wildman–Crippen LogP) is 3.47. The summed E-state index contributed by atoms with van der Waals surface area (Å²) in [6, 6.07) is 0.798. The van der Waals surface area contributed by atoms with Gasteiger partial charge < -0.3 is 10.6 Å². The Hall–Kier alpha value is -3.94. The van der Waals surface area contributed by atoms with E-state index in [2.05, 4.69) is 30.9 Å². The van der Waals surface area contributed by atoms with Crippen LogP contribution in [0.5, 0.6) is 0 Å². The first-order chi connectivity index (χ1) is 16.4. The average molecular weight is 510 g/mol. The number of nitrogens with one attached hydrogen (secondary N) is 2. The van der Waals surface area contributed by atoms with E-state index in [-0.39, 0.29) is 27.7 Å². The molecule has 0 aromatic carbocycles. The lowest BCUT2D eigenvalue weighted by Crippen LogP contribution is -2.21. The fraction of sp³-hybridized carbons (Fsp3) is 0.300. The van der Waals surface area contributed by atoms with Crippen LogP contribution in [0.1, 0.15) is 45.0 Å². The second-order valence-corrected chi connectivity index (χ2v) is 7.95. The van der Waals surface area contributed by atoms with Crippen LogP contribution >= 0.6 is 11.6 Å². The zero-order valence-corrected chi connectivity index (χ0v) is 19.7. The lowest BCUT2D eigenvalue weighted by atomic mass is 10.3. The number of halogens is 4. The maximum atomic E-state index is 13.5. The molecular weight excluding hydrogens is 491 g/mol. The number of alkyl halides is 3. The molecule has 4 heterocycles. The summed E-state index contributed by atoms with van der Waals surface area (Å²) >= 11 is 6.19. The van der Waals surface area contributed by atoms with Gasteiger partial charge in [0.1, 0.15) is 16.4 Å². The van der Waals surface area contributed by atoms with Crippen molar-refractivity contribution in [3.63, 3.8) is 0 Å². The topological polar surface area (TPSA) is 124 Å². The van der Waals surface area contributed by atoms with Crippen LogP contribution in [0.15, 0.2) is 18.5 Å². The molecule has 2 N–H and O–H groups in total. The van der Waals surface area contributed by atoms with E-state index in [0.717, 1.165) is 6.07 Å². The predicted molar refractivity (Wildman–Crippen MR) is 119 cm³/mol. The largest absolute Gasteiger partial charge is 0.433 e. The highest BCUT2D eigenvalue weighted by Crippen LogP contribution is 2.32. The van der Waals surface area contributed by atoms with Gasteiger partial charge in [0, 0.05) is 19.3 Å². The smallest absolute Gasteiger partial charge is 0.318 e. The lowest BCUT2D eigenvalue weighted by Gasteiger charge is -2.09. The summed E-state index contributed by atoms with van der Waals surface area (Å²) in [5, 5.41) is 16.7. The second kappa shape index (κ2) is 8.69. The molecule has 0 unspecified atom stereocenters. The molecule has 184 valence electrons. The Kier molecular flexibility index (Phi) is 6.00. The van der Waals surface area contributed by atoms with Gasteiger partial charge in [-0.2, -0.15) is 28.5 Å². The van der Waals surface area contributed by atoms with Crippen molar-refractivity contribution in [2.75, 3.05) is 10.6 Å². The van der Waals surface area contributed by atoms with E-state index >= 15 is 0 Å². The summed E-state index contributed by atoms with van der Waals surface area (Å²) in [6.45, 7) is 5.18. The minimum Gasteiger partial charge on any atom is -0.318 e. The monoisotopic (exact) mass is 509 g/mol. The van der Waals surface area contributed by atoms with Crippen molar-refractivity contribution in [1.29, 1.82) is 0 Å². The number of fused-ring (bicyclic) bond motifs is 1. The number of aromatic nitrogens is 7. The van der Waals surface area contributed by atoms with Crippen LogP contribution in [-0.2, 0) is 19.8 Å². The highest BCUT2D eigenvalue weighted by molar-refractivity contribution is 6.37. The number of amides is 2. The second-order valence-electron chi connectivity index (χ2n) is 7.58. The van der Waals surface area contributed by atoms with Gasteiger partial charge in [-0.1, -0.05) is 11.6 Å². The van der Waals surface area contributed by atoms with Crippen LogP contribution in [0.2, 0.25) is 5.02 Å². The van der Waals surface area contributed by atoms with Gasteiger partial charge in [-0.05, 0) is 26.8 Å². The number of carbonyl (C=O) groups is 2. The quantitative estimate of drug-likeness (QED) is 0.424. The van der Waals surface area contributed by atoms with E-state index in [1.807, 2.05) is 0 Å². The standard InChI is InChI=1S/C20H19ClF3N9O2/c1-5-32-16(19(35)28-11-7-25-31(4)10(11)3)12(8-26-32)29-18(34)15-14(21)17-27-9(2)6-13(20(22,23)24)33(17)30-15/h6-8H,5H2,1-4H3,(H,28,35)(H,29,34). The maximum absolute atomic E-state index is 13.5. The van der Waals surface area contributed by atoms with Crippen molar-refractivity contribution < 1.29 is 22.8 Å². The van der Waals surface area contributed by atoms with Crippen LogP contribution in [0.25, 0.3) is 5.65 Å². The Bertz CT molecular complexity index is 1470. The summed E-state index contributed by atoms with van der Waals surface area (Å²) in [5.74, 6) is -1.51. The van der Waals surface area contributed by atoms with Crippen LogP contribution in [0.4, 0.5) is 24.5 Å². The Labute approximate surface area is 200 Å². The fourth-order valence-electron chi connectivity index (χ4n) is 3.40. The molecule has 0 bridgehead atoms. The third-order valence-corrected chi connectivity index (χ3v) is 5.60. The Balaban J connectivity index is 1.70. The van der Waals surface area contributed by atoms with Crippen LogP contribution in [0, 0.1) is 13.8 Å². The Morgan fingerprint density at radius 1 is 1.09 bits per heavy atom. The first-order valence-electron chi connectivity index (χ1n) is 10.2. The van der Waals surface area contributed by atoms with Crippen LogP contribution in [-0.4, -0.2) is 46.0 Å². The molecule has 0 saturated carbocycles. The van der Waals surface area contributed by atoms with E-state index in [0.29, 0.717) is 22.4 Å². The van der Waals surface area contributed by atoms with Gasteiger partial charge >= 0.3 is 6.18 Å². The number of carbonyl (C=O) groups excluding carboxylic acids is 2. The van der Waals surface area contributed by atoms with Gasteiger partial charge in [0.05, 0.1) is 29.5 Å². The molecule has 0 atom stereocenters.